The zero-order chi connectivity index (χ0) is 13.4. The Kier molecular flexibility index (Phi) is 6.83. The third-order valence-corrected chi connectivity index (χ3v) is 3.84. The lowest BCUT2D eigenvalue weighted by atomic mass is 10.2. The molecule has 3 nitrogen and oxygen atoms in total. The summed E-state index contributed by atoms with van der Waals surface area (Å²) < 4.78 is 0. The molecule has 0 unspecified atom stereocenters. The average Bonchev–Trinajstić information content (AvgIpc) is 2.36. The quantitative estimate of drug-likeness (QED) is 0.735. The number of benzene rings is 1. The Bertz CT molecular complexity index is 361. The minimum atomic E-state index is -0.781. The minimum Gasteiger partial charge on any atom is -0.481 e. The molecular weight excluding hydrogens is 246 g/mol. The molecule has 1 N–H and O–H groups in total. The fourth-order valence-corrected chi connectivity index (χ4v) is 2.62. The van der Waals surface area contributed by atoms with Gasteiger partial charge in [-0.3, -0.25) is 4.79 Å². The lowest BCUT2D eigenvalue weighted by Crippen LogP contribution is -2.25. The Morgan fingerprint density at radius 3 is 2.33 bits per heavy atom. The van der Waals surface area contributed by atoms with Crippen LogP contribution in [0.1, 0.15) is 19.4 Å². The molecule has 0 aliphatic heterocycles. The second-order valence-electron chi connectivity index (χ2n) is 4.09. The van der Waals surface area contributed by atoms with E-state index < -0.39 is 5.97 Å². The molecule has 0 atom stereocenters. The summed E-state index contributed by atoms with van der Waals surface area (Å²) in [4.78, 5) is 14.2. The molecular formula is C14H21NO2S. The fraction of sp³-hybridized carbons (Fsp3) is 0.500. The summed E-state index contributed by atoms with van der Waals surface area (Å²) in [6.07, 6.45) is 0.102. The molecule has 0 aliphatic carbocycles. The number of carboxylic acid groups (broad SMARTS) is 1. The van der Waals surface area contributed by atoms with Crippen molar-refractivity contribution < 1.29 is 9.90 Å². The number of rotatable bonds is 8. The van der Waals surface area contributed by atoms with Crippen molar-refractivity contribution >= 4 is 17.7 Å². The Balaban J connectivity index is 2.37. The summed E-state index contributed by atoms with van der Waals surface area (Å²) in [5.74, 6) is 0.289. The monoisotopic (exact) mass is 267 g/mol. The van der Waals surface area contributed by atoms with Crippen LogP contribution in [0.3, 0.4) is 0 Å². The van der Waals surface area contributed by atoms with Gasteiger partial charge in [-0.05, 0) is 30.8 Å². The molecule has 0 aliphatic rings. The first-order valence-corrected chi connectivity index (χ1v) is 7.30. The highest BCUT2D eigenvalue weighted by Gasteiger charge is 2.02. The standard InChI is InChI=1S/C14H21NO2S/c1-3-15(4-2)9-10-18-13-7-5-12(6-8-13)11-14(16)17/h5-8H,3-4,9-11H2,1-2H3,(H,16,17). The van der Waals surface area contributed by atoms with Gasteiger partial charge in [0.15, 0.2) is 0 Å². The highest BCUT2D eigenvalue weighted by Crippen LogP contribution is 2.18. The lowest BCUT2D eigenvalue weighted by Gasteiger charge is -2.17. The van der Waals surface area contributed by atoms with Crippen molar-refractivity contribution in [3.05, 3.63) is 29.8 Å². The third kappa shape index (κ3) is 5.56. The number of thioether (sulfide) groups is 1. The van der Waals surface area contributed by atoms with E-state index in [9.17, 15) is 4.79 Å². The van der Waals surface area contributed by atoms with Gasteiger partial charge in [0.2, 0.25) is 0 Å². The predicted molar refractivity (Wildman–Crippen MR) is 76.3 cm³/mol. The number of carboxylic acids is 1. The van der Waals surface area contributed by atoms with Crippen LogP contribution in [0.15, 0.2) is 29.2 Å². The van der Waals surface area contributed by atoms with Crippen LogP contribution in [0.25, 0.3) is 0 Å². The molecule has 0 spiro atoms. The van der Waals surface area contributed by atoms with Gasteiger partial charge in [0.05, 0.1) is 6.42 Å². The molecule has 4 heteroatoms. The highest BCUT2D eigenvalue weighted by molar-refractivity contribution is 7.99. The summed E-state index contributed by atoms with van der Waals surface area (Å²) in [6, 6.07) is 7.80. The maximum absolute atomic E-state index is 10.6. The smallest absolute Gasteiger partial charge is 0.307 e. The number of nitrogens with zero attached hydrogens (tertiary/aromatic N) is 1. The van der Waals surface area contributed by atoms with Gasteiger partial charge in [0, 0.05) is 17.2 Å². The van der Waals surface area contributed by atoms with Crippen molar-refractivity contribution in [1.29, 1.82) is 0 Å². The summed E-state index contributed by atoms with van der Waals surface area (Å²) in [5.41, 5.74) is 0.857. The number of hydrogen-bond donors (Lipinski definition) is 1. The molecule has 0 amide bonds. The molecule has 0 fully saturated rings. The van der Waals surface area contributed by atoms with Crippen LogP contribution in [0.4, 0.5) is 0 Å². The fourth-order valence-electron chi connectivity index (χ4n) is 1.71. The van der Waals surface area contributed by atoms with Crippen molar-refractivity contribution in [3.63, 3.8) is 0 Å². The van der Waals surface area contributed by atoms with E-state index in [1.54, 1.807) is 0 Å². The van der Waals surface area contributed by atoms with Gasteiger partial charge >= 0.3 is 5.97 Å². The molecule has 0 aromatic heterocycles. The van der Waals surface area contributed by atoms with Crippen LogP contribution in [-0.4, -0.2) is 41.4 Å². The normalized spacial score (nSPS) is 10.8. The van der Waals surface area contributed by atoms with Crippen molar-refractivity contribution in [2.45, 2.75) is 25.2 Å². The molecule has 0 heterocycles. The van der Waals surface area contributed by atoms with Crippen LogP contribution in [0, 0.1) is 0 Å². The summed E-state index contributed by atoms with van der Waals surface area (Å²) in [6.45, 7) is 7.63. The van der Waals surface area contributed by atoms with Gasteiger partial charge in [0.1, 0.15) is 0 Å². The van der Waals surface area contributed by atoms with Crippen LogP contribution in [-0.2, 0) is 11.2 Å². The number of aliphatic carboxylic acids is 1. The Morgan fingerprint density at radius 1 is 1.22 bits per heavy atom. The molecule has 1 aromatic rings. The van der Waals surface area contributed by atoms with E-state index in [-0.39, 0.29) is 6.42 Å². The maximum Gasteiger partial charge on any atom is 0.307 e. The van der Waals surface area contributed by atoms with E-state index >= 15 is 0 Å². The average molecular weight is 267 g/mol. The van der Waals surface area contributed by atoms with E-state index in [1.807, 2.05) is 36.0 Å². The van der Waals surface area contributed by atoms with Gasteiger partial charge in [0.25, 0.3) is 0 Å². The Morgan fingerprint density at radius 2 is 1.83 bits per heavy atom. The molecule has 0 saturated heterocycles. The van der Waals surface area contributed by atoms with E-state index in [0.717, 1.165) is 31.0 Å². The van der Waals surface area contributed by atoms with Crippen molar-refractivity contribution in [2.24, 2.45) is 0 Å². The topological polar surface area (TPSA) is 40.5 Å². The lowest BCUT2D eigenvalue weighted by molar-refractivity contribution is -0.136. The second-order valence-corrected chi connectivity index (χ2v) is 5.26. The summed E-state index contributed by atoms with van der Waals surface area (Å²) >= 11 is 1.82. The molecule has 1 aromatic carbocycles. The third-order valence-electron chi connectivity index (χ3n) is 2.85. The van der Waals surface area contributed by atoms with Crippen molar-refractivity contribution in [1.82, 2.24) is 4.90 Å². The summed E-state index contributed by atoms with van der Waals surface area (Å²) in [7, 11) is 0. The first kappa shape index (κ1) is 15.1. The number of carbonyl (C=O) groups is 1. The van der Waals surface area contributed by atoms with Gasteiger partial charge in [-0.1, -0.05) is 26.0 Å². The Labute approximate surface area is 113 Å². The van der Waals surface area contributed by atoms with Gasteiger partial charge in [-0.25, -0.2) is 0 Å². The molecule has 100 valence electrons. The van der Waals surface area contributed by atoms with Crippen molar-refractivity contribution in [3.8, 4) is 0 Å². The zero-order valence-electron chi connectivity index (χ0n) is 11.1. The predicted octanol–water partition coefficient (Wildman–Crippen LogP) is 2.75. The first-order chi connectivity index (χ1) is 8.65. The van der Waals surface area contributed by atoms with Gasteiger partial charge in [-0.15, -0.1) is 11.8 Å². The van der Waals surface area contributed by atoms with E-state index in [4.69, 9.17) is 5.11 Å². The van der Waals surface area contributed by atoms with E-state index in [2.05, 4.69) is 18.7 Å². The highest BCUT2D eigenvalue weighted by atomic mass is 32.2. The van der Waals surface area contributed by atoms with Crippen LogP contribution < -0.4 is 0 Å². The molecule has 0 bridgehead atoms. The van der Waals surface area contributed by atoms with Gasteiger partial charge in [-0.2, -0.15) is 0 Å². The second kappa shape index (κ2) is 8.16. The van der Waals surface area contributed by atoms with E-state index in [0.29, 0.717) is 0 Å². The van der Waals surface area contributed by atoms with Crippen LogP contribution >= 0.6 is 11.8 Å². The van der Waals surface area contributed by atoms with Crippen LogP contribution in [0.2, 0.25) is 0 Å². The van der Waals surface area contributed by atoms with Crippen molar-refractivity contribution in [2.75, 3.05) is 25.4 Å². The molecule has 1 rings (SSSR count). The molecule has 18 heavy (non-hydrogen) atoms. The minimum absolute atomic E-state index is 0.102. The zero-order valence-corrected chi connectivity index (χ0v) is 11.9. The maximum atomic E-state index is 10.6. The SMILES string of the molecule is CCN(CC)CCSc1ccc(CC(=O)O)cc1. The number of hydrogen-bond acceptors (Lipinski definition) is 3. The first-order valence-electron chi connectivity index (χ1n) is 6.31. The Hall–Kier alpha value is -1.00. The molecule has 0 saturated carbocycles. The van der Waals surface area contributed by atoms with E-state index in [1.165, 1.54) is 4.90 Å². The van der Waals surface area contributed by atoms with Gasteiger partial charge < -0.3 is 10.0 Å². The molecule has 0 radical (unpaired) electrons. The van der Waals surface area contributed by atoms with Crippen LogP contribution in [0.5, 0.6) is 0 Å². The largest absolute Gasteiger partial charge is 0.481 e. The summed E-state index contributed by atoms with van der Waals surface area (Å²) in [5, 5.41) is 8.68.